The summed E-state index contributed by atoms with van der Waals surface area (Å²) in [7, 11) is 0. The van der Waals surface area contributed by atoms with Crippen molar-refractivity contribution in [3.63, 3.8) is 0 Å². The van der Waals surface area contributed by atoms with E-state index in [9.17, 15) is 29.4 Å². The van der Waals surface area contributed by atoms with Gasteiger partial charge in [0.1, 0.15) is 23.6 Å². The van der Waals surface area contributed by atoms with Gasteiger partial charge in [0.05, 0.1) is 17.8 Å². The number of carboxylic acids is 2. The van der Waals surface area contributed by atoms with E-state index in [0.29, 0.717) is 19.3 Å². The van der Waals surface area contributed by atoms with E-state index in [0.717, 1.165) is 6.42 Å². The summed E-state index contributed by atoms with van der Waals surface area (Å²) < 4.78 is 10.8. The molecule has 0 saturated carbocycles. The zero-order valence-electron chi connectivity index (χ0n) is 27.4. The van der Waals surface area contributed by atoms with E-state index in [-0.39, 0.29) is 49.0 Å². The first-order valence-electron chi connectivity index (χ1n) is 15.7. The van der Waals surface area contributed by atoms with Gasteiger partial charge in [-0.2, -0.15) is 0 Å². The monoisotopic (exact) mass is 668 g/mol. The molecule has 12 nitrogen and oxygen atoms in total. The average Bonchev–Trinajstić information content (AvgIpc) is 3.01. The van der Waals surface area contributed by atoms with Crippen molar-refractivity contribution in [3.05, 3.63) is 107 Å². The highest BCUT2D eigenvalue weighted by Crippen LogP contribution is 2.18. The quantitative estimate of drug-likeness (QED) is 0.0713. The van der Waals surface area contributed by atoms with Crippen molar-refractivity contribution in [2.45, 2.75) is 83.1 Å². The number of nitrogens with two attached hydrogens (primary N) is 1. The smallest absolute Gasteiger partial charge is 0.343 e. The highest BCUT2D eigenvalue weighted by Gasteiger charge is 2.18. The molecule has 0 radical (unpaired) electrons. The third-order valence-corrected chi connectivity index (χ3v) is 6.66. The maximum atomic E-state index is 12.1. The molecular formula is C36H48N2O10. The molecule has 1 rings (SSSR count). The number of hydrogen-bond donors (Lipinski definition) is 6. The fraction of sp³-hybridized carbons (Fsp3) is 0.389. The Labute approximate surface area is 281 Å². The third kappa shape index (κ3) is 19.7. The second-order valence-corrected chi connectivity index (χ2v) is 10.8. The molecule has 1 aromatic rings. The Kier molecular flexibility index (Phi) is 21.0. The summed E-state index contributed by atoms with van der Waals surface area (Å²) in [5.74, 6) is -2.79. The number of aliphatic hydroxyl groups is 1. The van der Waals surface area contributed by atoms with E-state index in [1.165, 1.54) is 19.1 Å². The van der Waals surface area contributed by atoms with Crippen LogP contribution in [0.3, 0.4) is 0 Å². The van der Waals surface area contributed by atoms with Crippen LogP contribution in [-0.2, 0) is 25.5 Å². The van der Waals surface area contributed by atoms with Crippen molar-refractivity contribution in [3.8, 4) is 5.75 Å². The fourth-order valence-electron chi connectivity index (χ4n) is 4.01. The summed E-state index contributed by atoms with van der Waals surface area (Å²) in [6, 6.07) is -0.807. The molecule has 0 aliphatic carbocycles. The molecule has 0 bridgehead atoms. The number of allylic oxidation sites excluding steroid dienone is 11. The van der Waals surface area contributed by atoms with E-state index < -0.39 is 41.7 Å². The van der Waals surface area contributed by atoms with Gasteiger partial charge in [0.15, 0.2) is 0 Å². The molecule has 0 aliphatic rings. The lowest BCUT2D eigenvalue weighted by atomic mass is 10.1. The van der Waals surface area contributed by atoms with Gasteiger partial charge in [-0.3, -0.25) is 9.59 Å². The van der Waals surface area contributed by atoms with Crippen LogP contribution in [0.1, 0.15) is 63.7 Å². The van der Waals surface area contributed by atoms with Crippen molar-refractivity contribution in [1.29, 1.82) is 0 Å². The fourth-order valence-corrected chi connectivity index (χ4v) is 4.01. The van der Waals surface area contributed by atoms with Crippen molar-refractivity contribution >= 4 is 23.9 Å². The van der Waals surface area contributed by atoms with E-state index in [4.69, 9.17) is 25.1 Å². The SMILES string of the molecule is CC(=O)N[C@@H](CCO[C@H](C)C/C=C/CC[C@@H](O)C/C=C/C=C/C=C/C=C/C=C/C=C/c1cc(O)c(CC[C@H](N)C(=O)O)c(=O)o1)C(=O)O. The number of ether oxygens (including phenoxy) is 1. The van der Waals surface area contributed by atoms with Gasteiger partial charge in [-0.05, 0) is 51.5 Å². The highest BCUT2D eigenvalue weighted by molar-refractivity contribution is 5.82. The molecule has 48 heavy (non-hydrogen) atoms. The molecule has 0 spiro atoms. The predicted octanol–water partition coefficient (Wildman–Crippen LogP) is 4.35. The third-order valence-electron chi connectivity index (χ3n) is 6.66. The minimum atomic E-state index is -1.18. The standard InChI is InChI=1S/C36H48N2O10/c1-26(47-24-23-32(35(44)45)38-27(2)39)17-13-12-15-19-28(40)18-14-10-8-6-4-3-5-7-9-11-16-20-29-25-33(41)30(36(46)48-29)21-22-31(37)34(42)43/h3-14,16,20,25-26,28,31-32,40-41H,15,17-19,21-24,37H2,1-2H3,(H,38,39)(H,42,43)(H,44,45)/b4-3+,7-5+,8-6+,11-9+,13-12+,14-10+,20-16+/t26-,28+,31+,32+/m1/s1. The maximum Gasteiger partial charge on any atom is 0.343 e. The zero-order chi connectivity index (χ0) is 35.7. The Morgan fingerprint density at radius 2 is 1.52 bits per heavy atom. The lowest BCUT2D eigenvalue weighted by Gasteiger charge is -2.15. The predicted molar refractivity (Wildman–Crippen MR) is 184 cm³/mol. The lowest BCUT2D eigenvalue weighted by molar-refractivity contribution is -0.142. The average molecular weight is 669 g/mol. The Hall–Kier alpha value is -4.78. The molecule has 0 unspecified atom stereocenters. The number of aliphatic carboxylic acids is 2. The number of rotatable bonds is 23. The van der Waals surface area contributed by atoms with Gasteiger partial charge < -0.3 is 40.6 Å². The summed E-state index contributed by atoms with van der Waals surface area (Å²) in [5, 5.41) is 40.6. The first kappa shape index (κ1) is 41.2. The lowest BCUT2D eigenvalue weighted by Crippen LogP contribution is -2.40. The van der Waals surface area contributed by atoms with Gasteiger partial charge in [0.2, 0.25) is 5.91 Å². The minimum absolute atomic E-state index is 0.00461. The van der Waals surface area contributed by atoms with Crippen LogP contribution in [0.4, 0.5) is 0 Å². The molecule has 1 amide bonds. The topological polar surface area (TPSA) is 210 Å². The molecule has 0 fully saturated rings. The van der Waals surface area contributed by atoms with E-state index >= 15 is 0 Å². The van der Waals surface area contributed by atoms with E-state index in [1.807, 2.05) is 61.6 Å². The molecule has 7 N–H and O–H groups in total. The molecule has 262 valence electrons. The van der Waals surface area contributed by atoms with Crippen molar-refractivity contribution in [2.75, 3.05) is 6.61 Å². The largest absolute Gasteiger partial charge is 0.507 e. The summed E-state index contributed by atoms with van der Waals surface area (Å²) >= 11 is 0. The molecule has 0 saturated heterocycles. The number of carboxylic acid groups (broad SMARTS) is 2. The Morgan fingerprint density at radius 3 is 2.10 bits per heavy atom. The molecule has 0 aromatic carbocycles. The van der Waals surface area contributed by atoms with Gasteiger partial charge in [0.25, 0.3) is 0 Å². The van der Waals surface area contributed by atoms with Crippen LogP contribution in [0.25, 0.3) is 6.08 Å². The van der Waals surface area contributed by atoms with Gasteiger partial charge >= 0.3 is 17.6 Å². The summed E-state index contributed by atoms with van der Waals surface area (Å²) in [4.78, 5) is 45.1. The van der Waals surface area contributed by atoms with Crippen LogP contribution in [0, 0.1) is 0 Å². The number of hydrogen-bond acceptors (Lipinski definition) is 9. The maximum absolute atomic E-state index is 12.1. The number of nitrogens with one attached hydrogen (secondary N) is 1. The van der Waals surface area contributed by atoms with E-state index in [1.54, 1.807) is 24.3 Å². The summed E-state index contributed by atoms with van der Waals surface area (Å²) in [6.07, 6.45) is 27.6. The Morgan fingerprint density at radius 1 is 0.896 bits per heavy atom. The molecule has 4 atom stereocenters. The van der Waals surface area contributed by atoms with Crippen LogP contribution in [0.2, 0.25) is 0 Å². The van der Waals surface area contributed by atoms with Crippen LogP contribution < -0.4 is 16.7 Å². The van der Waals surface area contributed by atoms with E-state index in [2.05, 4.69) is 5.32 Å². The van der Waals surface area contributed by atoms with Gasteiger partial charge in [-0.1, -0.05) is 79.0 Å². The highest BCUT2D eigenvalue weighted by atomic mass is 16.5. The normalized spacial score (nSPS) is 15.1. The van der Waals surface area contributed by atoms with Crippen molar-refractivity contribution in [2.24, 2.45) is 5.73 Å². The minimum Gasteiger partial charge on any atom is -0.507 e. The number of carbonyl (C=O) groups excluding carboxylic acids is 1. The molecular weight excluding hydrogens is 620 g/mol. The van der Waals surface area contributed by atoms with Gasteiger partial charge in [0, 0.05) is 26.0 Å². The number of aliphatic hydroxyl groups excluding tert-OH is 1. The van der Waals surface area contributed by atoms with Crippen LogP contribution in [-0.4, -0.2) is 69.2 Å². The Bertz CT molecular complexity index is 1420. The first-order chi connectivity index (χ1) is 22.9. The zero-order valence-corrected chi connectivity index (χ0v) is 27.4. The molecule has 1 aromatic heterocycles. The van der Waals surface area contributed by atoms with Gasteiger partial charge in [-0.25, -0.2) is 9.59 Å². The number of carbonyl (C=O) groups is 3. The van der Waals surface area contributed by atoms with Crippen LogP contribution in [0.5, 0.6) is 5.75 Å². The molecule has 0 aliphatic heterocycles. The Balaban J connectivity index is 2.26. The summed E-state index contributed by atoms with van der Waals surface area (Å²) in [5.41, 5.74) is 4.68. The second kappa shape index (κ2) is 24.4. The van der Waals surface area contributed by atoms with Gasteiger partial charge in [-0.15, -0.1) is 0 Å². The van der Waals surface area contributed by atoms with Crippen molar-refractivity contribution < 1.29 is 44.0 Å². The molecule has 12 heteroatoms. The molecule has 1 heterocycles. The second-order valence-electron chi connectivity index (χ2n) is 10.8. The summed E-state index contributed by atoms with van der Waals surface area (Å²) in [6.45, 7) is 3.39. The number of amides is 1. The number of aromatic hydroxyl groups is 1. The first-order valence-corrected chi connectivity index (χ1v) is 15.7. The van der Waals surface area contributed by atoms with Crippen LogP contribution in [0.15, 0.2) is 94.3 Å². The van der Waals surface area contributed by atoms with Crippen LogP contribution >= 0.6 is 0 Å². The van der Waals surface area contributed by atoms with Crippen molar-refractivity contribution in [1.82, 2.24) is 5.32 Å².